The van der Waals surface area contributed by atoms with Gasteiger partial charge in [0.2, 0.25) is 0 Å². The third-order valence-corrected chi connectivity index (χ3v) is 5.17. The van der Waals surface area contributed by atoms with Crippen molar-refractivity contribution in [3.05, 3.63) is 11.6 Å². The van der Waals surface area contributed by atoms with Crippen LogP contribution in [-0.2, 0) is 7.05 Å². The number of nitrogens with zero attached hydrogens (tertiary/aromatic N) is 3. The zero-order valence-corrected chi connectivity index (χ0v) is 11.1. The Morgan fingerprint density at radius 3 is 2.67 bits per heavy atom. The average molecular weight is 246 g/mol. The Labute approximate surface area is 108 Å². The molecule has 3 atom stereocenters. The van der Waals surface area contributed by atoms with E-state index in [0.29, 0.717) is 17.9 Å². The first kappa shape index (κ1) is 11.0. The zero-order valence-electron chi connectivity index (χ0n) is 11.1. The minimum Gasteiger partial charge on any atom is -0.310 e. The summed E-state index contributed by atoms with van der Waals surface area (Å²) in [7, 11) is 2.08. The van der Waals surface area contributed by atoms with Gasteiger partial charge < -0.3 is 5.32 Å². The van der Waals surface area contributed by atoms with Gasteiger partial charge in [-0.15, -0.1) is 0 Å². The molecule has 98 valence electrons. The van der Waals surface area contributed by atoms with Crippen LogP contribution in [0.25, 0.3) is 0 Å². The Morgan fingerprint density at radius 2 is 2.00 bits per heavy atom. The first-order valence-corrected chi connectivity index (χ1v) is 7.48. The molecule has 1 N–H and O–H groups in total. The fourth-order valence-electron chi connectivity index (χ4n) is 4.21. The van der Waals surface area contributed by atoms with E-state index in [-0.39, 0.29) is 0 Å². The lowest BCUT2D eigenvalue weighted by atomic mass is 9.88. The van der Waals surface area contributed by atoms with Crippen molar-refractivity contribution in [2.45, 2.75) is 68.9 Å². The smallest absolute Gasteiger partial charge is 0.154 e. The fraction of sp³-hybridized carbons (Fsp3) is 0.857. The molecule has 3 fully saturated rings. The van der Waals surface area contributed by atoms with Gasteiger partial charge in [-0.2, -0.15) is 5.10 Å². The van der Waals surface area contributed by atoms with E-state index in [2.05, 4.69) is 17.0 Å². The summed E-state index contributed by atoms with van der Waals surface area (Å²) >= 11 is 0. The van der Waals surface area contributed by atoms with Crippen LogP contribution in [0.4, 0.5) is 0 Å². The zero-order chi connectivity index (χ0) is 12.1. The van der Waals surface area contributed by atoms with E-state index in [0.717, 1.165) is 11.9 Å². The average Bonchev–Trinajstić information content (AvgIpc) is 3.13. The molecular weight excluding hydrogens is 224 g/mol. The van der Waals surface area contributed by atoms with Crippen molar-refractivity contribution >= 4 is 0 Å². The molecule has 1 aromatic rings. The summed E-state index contributed by atoms with van der Waals surface area (Å²) < 4.78 is 2.06. The Hall–Kier alpha value is -0.900. The highest BCUT2D eigenvalue weighted by Crippen LogP contribution is 2.40. The molecule has 2 bridgehead atoms. The van der Waals surface area contributed by atoms with Gasteiger partial charge in [-0.1, -0.05) is 12.8 Å². The predicted octanol–water partition coefficient (Wildman–Crippen LogP) is 2.08. The highest BCUT2D eigenvalue weighted by Gasteiger charge is 2.42. The Morgan fingerprint density at radius 1 is 1.17 bits per heavy atom. The van der Waals surface area contributed by atoms with Crippen molar-refractivity contribution in [1.29, 1.82) is 0 Å². The molecule has 1 saturated carbocycles. The summed E-state index contributed by atoms with van der Waals surface area (Å²) in [5.41, 5.74) is 0. The maximum absolute atomic E-state index is 4.90. The van der Waals surface area contributed by atoms with Gasteiger partial charge in [-0.3, -0.25) is 4.68 Å². The lowest BCUT2D eigenvalue weighted by molar-refractivity contribution is 0.469. The molecule has 3 heterocycles. The lowest BCUT2D eigenvalue weighted by Gasteiger charge is -2.18. The number of hydrogen-bond acceptors (Lipinski definition) is 3. The second-order valence-corrected chi connectivity index (χ2v) is 6.32. The molecule has 0 aromatic carbocycles. The standard InChI is InChI=1S/C14H22N4/c1-18-14(11-8-10-6-7-12(11)15-10)16-13(17-18)9-4-2-3-5-9/h9-12,15H,2-8H2,1H3. The van der Waals surface area contributed by atoms with Crippen molar-refractivity contribution in [2.75, 3.05) is 0 Å². The van der Waals surface area contributed by atoms with E-state index in [4.69, 9.17) is 10.1 Å². The second kappa shape index (κ2) is 4.05. The van der Waals surface area contributed by atoms with Crippen LogP contribution < -0.4 is 5.32 Å². The van der Waals surface area contributed by atoms with Crippen LogP contribution in [0.3, 0.4) is 0 Å². The van der Waals surface area contributed by atoms with Crippen molar-refractivity contribution in [3.63, 3.8) is 0 Å². The third-order valence-electron chi connectivity index (χ3n) is 5.17. The van der Waals surface area contributed by atoms with Gasteiger partial charge in [0.05, 0.1) is 0 Å². The van der Waals surface area contributed by atoms with Crippen LogP contribution >= 0.6 is 0 Å². The molecule has 2 aliphatic heterocycles. The van der Waals surface area contributed by atoms with Crippen molar-refractivity contribution < 1.29 is 0 Å². The van der Waals surface area contributed by atoms with Crippen LogP contribution in [0.5, 0.6) is 0 Å². The molecule has 1 aromatic heterocycles. The van der Waals surface area contributed by atoms with E-state index in [1.165, 1.54) is 50.8 Å². The molecule has 2 saturated heterocycles. The topological polar surface area (TPSA) is 42.7 Å². The molecule has 3 aliphatic rings. The van der Waals surface area contributed by atoms with E-state index >= 15 is 0 Å². The summed E-state index contributed by atoms with van der Waals surface area (Å²) in [6.45, 7) is 0. The number of aromatic nitrogens is 3. The minimum atomic E-state index is 0.608. The van der Waals surface area contributed by atoms with E-state index in [1.807, 2.05) is 0 Å². The maximum Gasteiger partial charge on any atom is 0.154 e. The number of aryl methyl sites for hydroxylation is 1. The largest absolute Gasteiger partial charge is 0.310 e. The van der Waals surface area contributed by atoms with E-state index < -0.39 is 0 Å². The first-order chi connectivity index (χ1) is 8.81. The fourth-order valence-corrected chi connectivity index (χ4v) is 4.21. The second-order valence-electron chi connectivity index (χ2n) is 6.32. The number of fused-ring (bicyclic) bond motifs is 2. The van der Waals surface area contributed by atoms with Gasteiger partial charge >= 0.3 is 0 Å². The predicted molar refractivity (Wildman–Crippen MR) is 69.5 cm³/mol. The molecule has 0 radical (unpaired) electrons. The Balaban J connectivity index is 1.61. The summed E-state index contributed by atoms with van der Waals surface area (Å²) in [5, 5.41) is 8.40. The summed E-state index contributed by atoms with van der Waals surface area (Å²) in [6, 6.07) is 1.40. The number of hydrogen-bond donors (Lipinski definition) is 1. The van der Waals surface area contributed by atoms with Gasteiger partial charge in [0, 0.05) is 31.0 Å². The molecule has 4 heteroatoms. The van der Waals surface area contributed by atoms with Gasteiger partial charge in [0.15, 0.2) is 5.82 Å². The molecule has 3 unspecified atom stereocenters. The van der Waals surface area contributed by atoms with Gasteiger partial charge in [0.25, 0.3) is 0 Å². The van der Waals surface area contributed by atoms with Crippen molar-refractivity contribution in [1.82, 2.24) is 20.1 Å². The summed E-state index contributed by atoms with van der Waals surface area (Å²) in [6.07, 6.45) is 9.23. The molecular formula is C14H22N4. The SMILES string of the molecule is Cn1nc(C2CCCC2)nc1C1CC2CCC1N2. The molecule has 1 aliphatic carbocycles. The van der Waals surface area contributed by atoms with Crippen LogP contribution in [-0.4, -0.2) is 26.8 Å². The van der Waals surface area contributed by atoms with E-state index in [9.17, 15) is 0 Å². The molecule has 4 rings (SSSR count). The number of rotatable bonds is 2. The Bertz CT molecular complexity index is 447. The van der Waals surface area contributed by atoms with E-state index in [1.54, 1.807) is 0 Å². The van der Waals surface area contributed by atoms with Crippen molar-refractivity contribution in [3.8, 4) is 0 Å². The molecule has 18 heavy (non-hydrogen) atoms. The van der Waals surface area contributed by atoms with Crippen LogP contribution in [0.1, 0.15) is 68.4 Å². The monoisotopic (exact) mass is 246 g/mol. The quantitative estimate of drug-likeness (QED) is 0.869. The molecule has 4 nitrogen and oxygen atoms in total. The normalized spacial score (nSPS) is 35.7. The number of nitrogens with one attached hydrogen (secondary N) is 1. The minimum absolute atomic E-state index is 0.608. The Kier molecular flexibility index (Phi) is 2.47. The van der Waals surface area contributed by atoms with Crippen LogP contribution in [0, 0.1) is 0 Å². The molecule has 0 spiro atoms. The summed E-state index contributed by atoms with van der Waals surface area (Å²) in [5.74, 6) is 3.59. The highest BCUT2D eigenvalue weighted by molar-refractivity contribution is 5.14. The summed E-state index contributed by atoms with van der Waals surface area (Å²) in [4.78, 5) is 4.90. The van der Waals surface area contributed by atoms with Crippen LogP contribution in [0.15, 0.2) is 0 Å². The maximum atomic E-state index is 4.90. The van der Waals surface area contributed by atoms with Crippen LogP contribution in [0.2, 0.25) is 0 Å². The first-order valence-electron chi connectivity index (χ1n) is 7.48. The van der Waals surface area contributed by atoms with Gasteiger partial charge in [-0.05, 0) is 32.1 Å². The van der Waals surface area contributed by atoms with Gasteiger partial charge in [-0.25, -0.2) is 4.98 Å². The van der Waals surface area contributed by atoms with Crippen molar-refractivity contribution in [2.24, 2.45) is 7.05 Å². The third kappa shape index (κ3) is 1.62. The highest BCUT2D eigenvalue weighted by atomic mass is 15.3. The lowest BCUT2D eigenvalue weighted by Crippen LogP contribution is -2.23. The molecule has 0 amide bonds. The van der Waals surface area contributed by atoms with Gasteiger partial charge in [0.1, 0.15) is 5.82 Å².